The third-order valence-electron chi connectivity index (χ3n) is 6.21. The highest BCUT2D eigenvalue weighted by Crippen LogP contribution is 2.37. The van der Waals surface area contributed by atoms with E-state index >= 15 is 0 Å². The lowest BCUT2D eigenvalue weighted by Crippen LogP contribution is -2.08. The summed E-state index contributed by atoms with van der Waals surface area (Å²) in [4.78, 5) is 14.5. The molecule has 0 aliphatic heterocycles. The highest BCUT2D eigenvalue weighted by Gasteiger charge is 2.26. The van der Waals surface area contributed by atoms with Gasteiger partial charge >= 0.3 is 12.4 Å². The van der Waals surface area contributed by atoms with Crippen molar-refractivity contribution in [2.24, 2.45) is 5.92 Å². The van der Waals surface area contributed by atoms with Crippen LogP contribution < -0.4 is 4.74 Å². The van der Waals surface area contributed by atoms with Gasteiger partial charge in [0.1, 0.15) is 11.9 Å². The van der Waals surface area contributed by atoms with Gasteiger partial charge < -0.3 is 14.9 Å². The molecule has 13 heteroatoms. The molecule has 0 unspecified atom stereocenters. The van der Waals surface area contributed by atoms with Crippen molar-refractivity contribution in [2.45, 2.75) is 45.4 Å². The van der Waals surface area contributed by atoms with Gasteiger partial charge in [-0.05, 0) is 75.3 Å². The molecule has 4 aromatic rings. The van der Waals surface area contributed by atoms with E-state index in [-0.39, 0.29) is 23.4 Å². The van der Waals surface area contributed by atoms with E-state index in [0.29, 0.717) is 26.2 Å². The monoisotopic (exact) mass is 590 g/mol. The van der Waals surface area contributed by atoms with Crippen LogP contribution in [0.15, 0.2) is 53.5 Å². The summed E-state index contributed by atoms with van der Waals surface area (Å²) in [6, 6.07) is 5.23. The van der Waals surface area contributed by atoms with Crippen LogP contribution in [0.5, 0.6) is 5.75 Å². The fourth-order valence-electron chi connectivity index (χ4n) is 4.24. The third kappa shape index (κ3) is 5.72. The van der Waals surface area contributed by atoms with Gasteiger partial charge in [0.15, 0.2) is 6.20 Å². The molecule has 9 nitrogen and oxygen atoms in total. The molecule has 0 saturated heterocycles. The van der Waals surface area contributed by atoms with Crippen molar-refractivity contribution in [2.75, 3.05) is 0 Å². The first-order valence-corrected chi connectivity index (χ1v) is 12.6. The number of nitro groups is 1. The quantitative estimate of drug-likeness (QED) is 0.155. The molecule has 0 amide bonds. The molecule has 0 radical (unpaired) electrons. The maximum Gasteiger partial charge on any atom is 0.406 e. The van der Waals surface area contributed by atoms with Gasteiger partial charge in [0.25, 0.3) is 0 Å². The van der Waals surface area contributed by atoms with Crippen LogP contribution >= 0.6 is 15.9 Å². The molecule has 198 valence electrons. The van der Waals surface area contributed by atoms with Crippen molar-refractivity contribution in [1.82, 2.24) is 24.5 Å². The first-order valence-electron chi connectivity index (χ1n) is 11.8. The van der Waals surface area contributed by atoms with Crippen LogP contribution in [-0.2, 0) is 13.0 Å². The maximum absolute atomic E-state index is 14.4. The Kier molecular flexibility index (Phi) is 7.19. The second kappa shape index (κ2) is 10.6. The van der Waals surface area contributed by atoms with E-state index in [1.807, 2.05) is 10.9 Å². The van der Waals surface area contributed by atoms with E-state index in [1.165, 1.54) is 49.5 Å². The summed E-state index contributed by atoms with van der Waals surface area (Å²) in [6.07, 6.45) is 7.82. The van der Waals surface area contributed by atoms with Gasteiger partial charge in [-0.3, -0.25) is 4.68 Å². The Bertz CT molecular complexity index is 1490. The van der Waals surface area contributed by atoms with Crippen molar-refractivity contribution in [3.63, 3.8) is 0 Å². The molecular weight excluding hydrogens is 569 g/mol. The molecule has 0 N–H and O–H groups in total. The number of hydrogen-bond donors (Lipinski definition) is 0. The predicted octanol–water partition coefficient (Wildman–Crippen LogP) is 6.49. The Morgan fingerprint density at radius 2 is 2.03 bits per heavy atom. The number of ether oxygens (including phenoxy) is 1. The van der Waals surface area contributed by atoms with E-state index in [0.717, 1.165) is 12.1 Å². The number of hydrogen-bond acceptors (Lipinski definition) is 6. The van der Waals surface area contributed by atoms with Gasteiger partial charge in [-0.15, -0.1) is 0 Å². The molecule has 1 aromatic carbocycles. The van der Waals surface area contributed by atoms with Crippen LogP contribution in [0.2, 0.25) is 0 Å². The number of rotatable bonds is 10. The normalized spacial score (nSPS) is 14.2. The molecule has 1 aliphatic rings. The number of alkyl halides is 2. The van der Waals surface area contributed by atoms with Crippen molar-refractivity contribution >= 4 is 21.7 Å². The SMILES string of the molecule is C[C@@H](Oc1cc(Br)cnc1[N+](=O)[O-])c1cc(F)ccc1-c1nn(C(F)F)cc1Cc1cnn(CC2CC2)c1. The van der Waals surface area contributed by atoms with E-state index in [1.54, 1.807) is 13.1 Å². The zero-order chi connectivity index (χ0) is 27.0. The van der Waals surface area contributed by atoms with Crippen LogP contribution in [0.25, 0.3) is 11.3 Å². The van der Waals surface area contributed by atoms with E-state index in [2.05, 4.69) is 31.1 Å². The molecule has 1 saturated carbocycles. The minimum atomic E-state index is -2.88. The summed E-state index contributed by atoms with van der Waals surface area (Å²) in [6.45, 7) is -0.487. The molecule has 38 heavy (non-hydrogen) atoms. The second-order valence-corrected chi connectivity index (χ2v) is 10.1. The number of halogens is 4. The fourth-order valence-corrected chi connectivity index (χ4v) is 4.56. The average Bonchev–Trinajstić information content (AvgIpc) is 3.40. The van der Waals surface area contributed by atoms with Crippen molar-refractivity contribution in [3.05, 3.63) is 86.1 Å². The highest BCUT2D eigenvalue weighted by molar-refractivity contribution is 9.10. The Balaban J connectivity index is 1.51. The van der Waals surface area contributed by atoms with Gasteiger partial charge in [-0.2, -0.15) is 19.0 Å². The Morgan fingerprint density at radius 3 is 2.74 bits per heavy atom. The van der Waals surface area contributed by atoms with Gasteiger partial charge in [0, 0.05) is 48.1 Å². The molecule has 3 aromatic heterocycles. The zero-order valence-corrected chi connectivity index (χ0v) is 21.7. The molecule has 5 rings (SSSR count). The Morgan fingerprint density at radius 1 is 1.24 bits per heavy atom. The van der Waals surface area contributed by atoms with Gasteiger partial charge in [0.2, 0.25) is 5.75 Å². The summed E-state index contributed by atoms with van der Waals surface area (Å²) >= 11 is 3.21. The molecule has 1 atom stereocenters. The number of nitrogens with zero attached hydrogens (tertiary/aromatic N) is 6. The van der Waals surface area contributed by atoms with Gasteiger partial charge in [-0.25, -0.2) is 9.07 Å². The number of benzene rings is 1. The molecule has 1 fully saturated rings. The van der Waals surface area contributed by atoms with E-state index < -0.39 is 29.2 Å². The van der Waals surface area contributed by atoms with Gasteiger partial charge in [-0.1, -0.05) is 0 Å². The third-order valence-corrected chi connectivity index (χ3v) is 6.65. The fraction of sp³-hybridized carbons (Fsp3) is 0.320. The Labute approximate surface area is 223 Å². The van der Waals surface area contributed by atoms with Crippen LogP contribution in [0.1, 0.15) is 49.1 Å². The molecule has 1 aliphatic carbocycles. The first kappa shape index (κ1) is 25.9. The zero-order valence-electron chi connectivity index (χ0n) is 20.1. The highest BCUT2D eigenvalue weighted by atomic mass is 79.9. The minimum absolute atomic E-state index is 0.131. The minimum Gasteiger partial charge on any atom is -0.478 e. The van der Waals surface area contributed by atoms with Crippen LogP contribution in [0.4, 0.5) is 19.0 Å². The van der Waals surface area contributed by atoms with Crippen molar-refractivity contribution in [1.29, 1.82) is 0 Å². The first-order chi connectivity index (χ1) is 18.2. The van der Waals surface area contributed by atoms with Crippen LogP contribution in [0, 0.1) is 21.8 Å². The summed E-state index contributed by atoms with van der Waals surface area (Å²) in [5.41, 5.74) is 2.19. The smallest absolute Gasteiger partial charge is 0.406 e. The average molecular weight is 591 g/mol. The van der Waals surface area contributed by atoms with E-state index in [9.17, 15) is 23.3 Å². The second-order valence-electron chi connectivity index (χ2n) is 9.18. The molecular formula is C25H22BrF3N6O3. The molecule has 0 spiro atoms. The topological polar surface area (TPSA) is 101 Å². The largest absolute Gasteiger partial charge is 0.478 e. The molecule has 3 heterocycles. The lowest BCUT2D eigenvalue weighted by Gasteiger charge is -2.18. The summed E-state index contributed by atoms with van der Waals surface area (Å²) in [5, 5.41) is 19.9. The maximum atomic E-state index is 14.4. The summed E-state index contributed by atoms with van der Waals surface area (Å²) < 4.78 is 50.4. The van der Waals surface area contributed by atoms with Gasteiger partial charge in [0.05, 0.1) is 16.4 Å². The van der Waals surface area contributed by atoms with Crippen LogP contribution in [-0.4, -0.2) is 29.5 Å². The van der Waals surface area contributed by atoms with Crippen LogP contribution in [0.3, 0.4) is 0 Å². The lowest BCUT2D eigenvalue weighted by atomic mass is 9.96. The predicted molar refractivity (Wildman–Crippen MR) is 134 cm³/mol. The number of pyridine rings is 1. The van der Waals surface area contributed by atoms with Crippen molar-refractivity contribution < 1.29 is 22.8 Å². The van der Waals surface area contributed by atoms with E-state index in [4.69, 9.17) is 4.74 Å². The lowest BCUT2D eigenvalue weighted by molar-refractivity contribution is -0.390. The number of aromatic nitrogens is 5. The summed E-state index contributed by atoms with van der Waals surface area (Å²) in [7, 11) is 0. The standard InChI is InChI=1S/C25H22BrF3N6O3/c1-14(38-22-7-18(26)10-30-24(22)35(36)37)21-8-19(27)4-5-20(21)23-17(13-34(32-23)25(28)29)6-16-9-31-33(12-16)11-15-2-3-15/h4-5,7-10,12-15,25H,2-3,6,11H2,1H3/t14-/m1/s1. The van der Waals surface area contributed by atoms with Crippen molar-refractivity contribution in [3.8, 4) is 17.0 Å². The summed E-state index contributed by atoms with van der Waals surface area (Å²) in [5.74, 6) is -0.603. The Hall–Kier alpha value is -3.74. The molecule has 0 bridgehead atoms.